The predicted molar refractivity (Wildman–Crippen MR) is 87.6 cm³/mol. The van der Waals surface area contributed by atoms with Gasteiger partial charge in [0.15, 0.2) is 5.69 Å². The molecule has 1 heterocycles. The van der Waals surface area contributed by atoms with Gasteiger partial charge in [-0.3, -0.25) is 0 Å². The van der Waals surface area contributed by atoms with Crippen molar-refractivity contribution in [2.24, 2.45) is 0 Å². The molecular weight excluding hydrogens is 341 g/mol. The van der Waals surface area contributed by atoms with Crippen LogP contribution in [-0.2, 0) is 6.18 Å². The van der Waals surface area contributed by atoms with Crippen LogP contribution in [0.5, 0.6) is 0 Å². The van der Waals surface area contributed by atoms with Crippen LogP contribution in [-0.4, -0.2) is 16.0 Å². The fourth-order valence-electron chi connectivity index (χ4n) is 2.67. The van der Waals surface area contributed by atoms with Gasteiger partial charge in [0.05, 0.1) is 10.7 Å². The lowest BCUT2D eigenvalue weighted by molar-refractivity contribution is -0.141. The Morgan fingerprint density at radius 2 is 1.79 bits per heavy atom. The zero-order valence-electron chi connectivity index (χ0n) is 12.7. The lowest BCUT2D eigenvalue weighted by Gasteiger charge is -2.16. The van der Waals surface area contributed by atoms with Crippen LogP contribution >= 0.6 is 11.6 Å². The number of alkyl halides is 3. The molecule has 3 rings (SSSR count). The molecule has 0 unspecified atom stereocenters. The van der Waals surface area contributed by atoms with E-state index in [-0.39, 0.29) is 17.8 Å². The van der Waals surface area contributed by atoms with Gasteiger partial charge >= 0.3 is 6.18 Å². The van der Waals surface area contributed by atoms with Gasteiger partial charge in [-0.15, -0.1) is 0 Å². The Morgan fingerprint density at radius 1 is 1.08 bits per heavy atom. The standard InChI is InChI=1S/C16H16ClF3N4/c17-11-7-3-4-8-12(11)22-14-9-13(16(18,19)20)23-15(24-14)21-10-5-1-2-6-10/h3-4,7-10H,1-2,5-6H2,(H2,21,22,23,24). The fourth-order valence-corrected chi connectivity index (χ4v) is 2.86. The Bertz CT molecular complexity index is 715. The summed E-state index contributed by atoms with van der Waals surface area (Å²) in [4.78, 5) is 7.77. The van der Waals surface area contributed by atoms with Gasteiger partial charge in [0.1, 0.15) is 5.82 Å². The van der Waals surface area contributed by atoms with Gasteiger partial charge in [-0.2, -0.15) is 18.2 Å². The number of nitrogens with zero attached hydrogens (tertiary/aromatic N) is 2. The molecule has 0 amide bonds. The summed E-state index contributed by atoms with van der Waals surface area (Å²) in [5.74, 6) is 0.0252. The zero-order valence-corrected chi connectivity index (χ0v) is 13.5. The maximum Gasteiger partial charge on any atom is 0.433 e. The molecule has 1 fully saturated rings. The summed E-state index contributed by atoms with van der Waals surface area (Å²) in [7, 11) is 0. The second kappa shape index (κ2) is 6.84. The number of nitrogens with one attached hydrogen (secondary N) is 2. The van der Waals surface area contributed by atoms with E-state index >= 15 is 0 Å². The molecule has 1 saturated carbocycles. The molecule has 1 aromatic heterocycles. The first kappa shape index (κ1) is 16.8. The van der Waals surface area contributed by atoms with Crippen LogP contribution in [0.4, 0.5) is 30.6 Å². The molecule has 0 saturated heterocycles. The Kier molecular flexibility index (Phi) is 4.80. The summed E-state index contributed by atoms with van der Waals surface area (Å²) in [5.41, 5.74) is -0.509. The molecular formula is C16H16ClF3N4. The predicted octanol–water partition coefficient (Wildman–Crippen LogP) is 5.25. The second-order valence-corrected chi connectivity index (χ2v) is 6.10. The Morgan fingerprint density at radius 3 is 2.46 bits per heavy atom. The van der Waals surface area contributed by atoms with Crippen molar-refractivity contribution in [2.75, 3.05) is 10.6 Å². The topological polar surface area (TPSA) is 49.8 Å². The molecule has 1 aliphatic rings. The number of hydrogen-bond donors (Lipinski definition) is 2. The van der Waals surface area contributed by atoms with Crippen molar-refractivity contribution in [2.45, 2.75) is 37.9 Å². The first-order valence-corrected chi connectivity index (χ1v) is 8.04. The zero-order chi connectivity index (χ0) is 17.2. The monoisotopic (exact) mass is 356 g/mol. The average molecular weight is 357 g/mol. The summed E-state index contributed by atoms with van der Waals surface area (Å²) in [6.45, 7) is 0. The van der Waals surface area contributed by atoms with Gasteiger partial charge in [0.2, 0.25) is 5.95 Å². The van der Waals surface area contributed by atoms with E-state index in [1.165, 1.54) is 0 Å². The number of hydrogen-bond acceptors (Lipinski definition) is 4. The molecule has 0 atom stereocenters. The number of aromatic nitrogens is 2. The normalized spacial score (nSPS) is 15.5. The lowest BCUT2D eigenvalue weighted by Crippen LogP contribution is -2.19. The molecule has 1 aromatic carbocycles. The molecule has 0 aliphatic heterocycles. The van der Waals surface area contributed by atoms with Crippen molar-refractivity contribution in [1.29, 1.82) is 0 Å². The van der Waals surface area contributed by atoms with Crippen molar-refractivity contribution in [3.05, 3.63) is 41.0 Å². The van der Waals surface area contributed by atoms with Crippen molar-refractivity contribution >= 4 is 29.1 Å². The summed E-state index contributed by atoms with van der Waals surface area (Å²) in [6, 6.07) is 7.78. The van der Waals surface area contributed by atoms with Crippen molar-refractivity contribution < 1.29 is 13.2 Å². The van der Waals surface area contributed by atoms with E-state index in [2.05, 4.69) is 20.6 Å². The largest absolute Gasteiger partial charge is 0.433 e. The number of rotatable bonds is 4. The van der Waals surface area contributed by atoms with Crippen LogP contribution < -0.4 is 10.6 Å². The SMILES string of the molecule is FC(F)(F)c1cc(Nc2ccccc2Cl)nc(NC2CCCC2)n1. The van der Waals surface area contributed by atoms with Gasteiger partial charge < -0.3 is 10.6 Å². The maximum atomic E-state index is 13.1. The molecule has 2 aromatic rings. The first-order chi connectivity index (χ1) is 11.4. The number of anilines is 3. The maximum absolute atomic E-state index is 13.1. The quantitative estimate of drug-likeness (QED) is 0.785. The summed E-state index contributed by atoms with van der Waals surface area (Å²) < 4.78 is 39.3. The molecule has 8 heteroatoms. The molecule has 4 nitrogen and oxygen atoms in total. The Hall–Kier alpha value is -2.02. The van der Waals surface area contributed by atoms with Gasteiger partial charge in [0, 0.05) is 12.1 Å². The molecule has 1 aliphatic carbocycles. The molecule has 0 radical (unpaired) electrons. The summed E-state index contributed by atoms with van der Waals surface area (Å²) >= 11 is 6.04. The van der Waals surface area contributed by atoms with Crippen LogP contribution in [0.15, 0.2) is 30.3 Å². The highest BCUT2D eigenvalue weighted by Crippen LogP contribution is 2.32. The van der Waals surface area contributed by atoms with Gasteiger partial charge in [-0.1, -0.05) is 36.6 Å². The first-order valence-electron chi connectivity index (χ1n) is 7.66. The second-order valence-electron chi connectivity index (χ2n) is 5.69. The van der Waals surface area contributed by atoms with Crippen LogP contribution in [0.3, 0.4) is 0 Å². The minimum absolute atomic E-state index is 0.0220. The molecule has 2 N–H and O–H groups in total. The van der Waals surface area contributed by atoms with Gasteiger partial charge in [-0.05, 0) is 25.0 Å². The van der Waals surface area contributed by atoms with Crippen LogP contribution in [0.25, 0.3) is 0 Å². The fraction of sp³-hybridized carbons (Fsp3) is 0.375. The lowest BCUT2D eigenvalue weighted by atomic mass is 10.2. The number of para-hydroxylation sites is 1. The van der Waals surface area contributed by atoms with E-state index in [1.807, 2.05) is 0 Å². The van der Waals surface area contributed by atoms with Gasteiger partial charge in [0.25, 0.3) is 0 Å². The van der Waals surface area contributed by atoms with E-state index in [4.69, 9.17) is 11.6 Å². The molecule has 0 spiro atoms. The molecule has 0 bridgehead atoms. The highest BCUT2D eigenvalue weighted by molar-refractivity contribution is 6.33. The Labute approximate surface area is 142 Å². The third-order valence-electron chi connectivity index (χ3n) is 3.84. The Balaban J connectivity index is 1.90. The van der Waals surface area contributed by atoms with E-state index in [1.54, 1.807) is 24.3 Å². The molecule has 128 valence electrons. The minimum Gasteiger partial charge on any atom is -0.351 e. The third kappa shape index (κ3) is 4.08. The number of benzene rings is 1. The van der Waals surface area contributed by atoms with Gasteiger partial charge in [-0.25, -0.2) is 4.98 Å². The van der Waals surface area contributed by atoms with Crippen LogP contribution in [0.2, 0.25) is 5.02 Å². The summed E-state index contributed by atoms with van der Waals surface area (Å²) in [5, 5.41) is 6.22. The van der Waals surface area contributed by atoms with E-state index in [0.717, 1.165) is 31.7 Å². The average Bonchev–Trinajstić information content (AvgIpc) is 3.01. The van der Waals surface area contributed by atoms with E-state index in [0.29, 0.717) is 10.7 Å². The van der Waals surface area contributed by atoms with E-state index in [9.17, 15) is 13.2 Å². The number of halogens is 4. The summed E-state index contributed by atoms with van der Waals surface area (Å²) in [6.07, 6.45) is -0.617. The highest BCUT2D eigenvalue weighted by Gasteiger charge is 2.34. The van der Waals surface area contributed by atoms with E-state index < -0.39 is 11.9 Å². The van der Waals surface area contributed by atoms with Crippen molar-refractivity contribution in [1.82, 2.24) is 9.97 Å². The van der Waals surface area contributed by atoms with Crippen molar-refractivity contribution in [3.8, 4) is 0 Å². The van der Waals surface area contributed by atoms with Crippen LogP contribution in [0.1, 0.15) is 31.4 Å². The molecule has 24 heavy (non-hydrogen) atoms. The van der Waals surface area contributed by atoms with Crippen LogP contribution in [0, 0.1) is 0 Å². The minimum atomic E-state index is -4.55. The third-order valence-corrected chi connectivity index (χ3v) is 4.17. The smallest absolute Gasteiger partial charge is 0.351 e. The van der Waals surface area contributed by atoms with Crippen molar-refractivity contribution in [3.63, 3.8) is 0 Å². The highest BCUT2D eigenvalue weighted by atomic mass is 35.5.